The second-order valence-corrected chi connectivity index (χ2v) is 5.51. The maximum absolute atomic E-state index is 11.2. The molecule has 0 fully saturated rings. The Balaban J connectivity index is 2.03. The third-order valence-corrected chi connectivity index (χ3v) is 4.04. The van der Waals surface area contributed by atoms with E-state index in [4.69, 9.17) is 17.3 Å². The van der Waals surface area contributed by atoms with Crippen LogP contribution in [0.3, 0.4) is 0 Å². The van der Waals surface area contributed by atoms with Crippen molar-refractivity contribution in [1.82, 2.24) is 4.57 Å². The molecule has 0 aliphatic rings. The van der Waals surface area contributed by atoms with E-state index in [0.29, 0.717) is 17.1 Å². The van der Waals surface area contributed by atoms with E-state index in [9.17, 15) is 4.79 Å². The molecule has 2 N–H and O–H groups in total. The van der Waals surface area contributed by atoms with Gasteiger partial charge in [-0.3, -0.25) is 4.79 Å². The van der Waals surface area contributed by atoms with Gasteiger partial charge in [-0.05, 0) is 42.1 Å². The van der Waals surface area contributed by atoms with E-state index >= 15 is 0 Å². The first-order valence-electron chi connectivity index (χ1n) is 6.69. The number of fused-ring (bicyclic) bond motifs is 1. The zero-order valence-corrected chi connectivity index (χ0v) is 12.4. The summed E-state index contributed by atoms with van der Waals surface area (Å²) in [5, 5.41) is 1.77. The average molecular weight is 299 g/mol. The van der Waals surface area contributed by atoms with Crippen LogP contribution in [0.1, 0.15) is 21.6 Å². The van der Waals surface area contributed by atoms with Crippen molar-refractivity contribution >= 4 is 28.4 Å². The lowest BCUT2D eigenvalue weighted by Gasteiger charge is -2.11. The Kier molecular flexibility index (Phi) is 3.43. The minimum atomic E-state index is -0.467. The minimum absolute atomic E-state index is 0.429. The number of benzene rings is 2. The second kappa shape index (κ2) is 5.26. The van der Waals surface area contributed by atoms with E-state index in [0.717, 1.165) is 5.56 Å². The lowest BCUT2D eigenvalue weighted by Crippen LogP contribution is -2.11. The predicted molar refractivity (Wildman–Crippen MR) is 85.7 cm³/mol. The lowest BCUT2D eigenvalue weighted by molar-refractivity contribution is 0.100. The van der Waals surface area contributed by atoms with Crippen molar-refractivity contribution in [3.05, 3.63) is 70.4 Å². The van der Waals surface area contributed by atoms with E-state index in [1.807, 2.05) is 18.2 Å². The SMILES string of the molecule is Cc1cc2ccccc2n1Cc1ccc(C(N)=O)cc1Cl. The van der Waals surface area contributed by atoms with Gasteiger partial charge >= 0.3 is 0 Å². The highest BCUT2D eigenvalue weighted by Crippen LogP contribution is 2.24. The van der Waals surface area contributed by atoms with Gasteiger partial charge in [0.1, 0.15) is 0 Å². The molecule has 0 saturated carbocycles. The fraction of sp³-hybridized carbons (Fsp3) is 0.118. The number of halogens is 1. The van der Waals surface area contributed by atoms with Crippen LogP contribution in [-0.2, 0) is 6.54 Å². The summed E-state index contributed by atoms with van der Waals surface area (Å²) >= 11 is 6.27. The fourth-order valence-electron chi connectivity index (χ4n) is 2.56. The Hall–Kier alpha value is -2.26. The number of hydrogen-bond donors (Lipinski definition) is 1. The van der Waals surface area contributed by atoms with E-state index in [2.05, 4.69) is 29.7 Å². The molecule has 3 rings (SSSR count). The number of amides is 1. The van der Waals surface area contributed by atoms with Crippen LogP contribution in [0.2, 0.25) is 5.02 Å². The number of rotatable bonds is 3. The zero-order valence-electron chi connectivity index (χ0n) is 11.6. The summed E-state index contributed by atoms with van der Waals surface area (Å²) in [7, 11) is 0. The van der Waals surface area contributed by atoms with Crippen LogP contribution in [0.25, 0.3) is 10.9 Å². The number of nitrogens with two attached hydrogens (primary N) is 1. The first-order valence-corrected chi connectivity index (χ1v) is 7.07. The first-order chi connectivity index (χ1) is 10.1. The summed E-state index contributed by atoms with van der Waals surface area (Å²) in [6.45, 7) is 2.74. The van der Waals surface area contributed by atoms with Crippen LogP contribution in [0.4, 0.5) is 0 Å². The summed E-state index contributed by atoms with van der Waals surface area (Å²) in [4.78, 5) is 11.2. The van der Waals surface area contributed by atoms with Gasteiger partial charge in [-0.25, -0.2) is 0 Å². The van der Waals surface area contributed by atoms with Crippen molar-refractivity contribution in [1.29, 1.82) is 0 Å². The van der Waals surface area contributed by atoms with E-state index in [1.54, 1.807) is 12.1 Å². The molecule has 106 valence electrons. The minimum Gasteiger partial charge on any atom is -0.366 e. The first kappa shape index (κ1) is 13.7. The van der Waals surface area contributed by atoms with E-state index in [-0.39, 0.29) is 0 Å². The maximum atomic E-state index is 11.2. The van der Waals surface area contributed by atoms with Crippen molar-refractivity contribution < 1.29 is 4.79 Å². The van der Waals surface area contributed by atoms with Crippen LogP contribution in [0, 0.1) is 6.92 Å². The van der Waals surface area contributed by atoms with Crippen LogP contribution in [-0.4, -0.2) is 10.5 Å². The molecule has 0 aliphatic heterocycles. The van der Waals surface area contributed by atoms with Gasteiger partial charge in [0.05, 0.1) is 0 Å². The molecule has 1 amide bonds. The molecule has 0 unspecified atom stereocenters. The molecule has 1 heterocycles. The second-order valence-electron chi connectivity index (χ2n) is 5.10. The number of aryl methyl sites for hydroxylation is 1. The molecule has 3 nitrogen and oxygen atoms in total. The average Bonchev–Trinajstić information content (AvgIpc) is 2.77. The predicted octanol–water partition coefficient (Wildman–Crippen LogP) is 3.75. The number of carbonyl (C=O) groups excluding carboxylic acids is 1. The topological polar surface area (TPSA) is 48.0 Å². The molecule has 2 aromatic carbocycles. The van der Waals surface area contributed by atoms with Gasteiger partial charge in [-0.2, -0.15) is 0 Å². The van der Waals surface area contributed by atoms with Crippen molar-refractivity contribution in [2.75, 3.05) is 0 Å². The molecule has 1 aromatic heterocycles. The number of carbonyl (C=O) groups is 1. The molecule has 0 radical (unpaired) electrons. The van der Waals surface area contributed by atoms with Gasteiger partial charge in [0.15, 0.2) is 0 Å². The number of aromatic nitrogens is 1. The Bertz CT molecular complexity index is 836. The molecular weight excluding hydrogens is 284 g/mol. The number of hydrogen-bond acceptors (Lipinski definition) is 1. The van der Waals surface area contributed by atoms with Crippen LogP contribution in [0.5, 0.6) is 0 Å². The Morgan fingerprint density at radius 2 is 1.95 bits per heavy atom. The van der Waals surface area contributed by atoms with Crippen molar-refractivity contribution in [3.8, 4) is 0 Å². The van der Waals surface area contributed by atoms with Crippen LogP contribution < -0.4 is 5.73 Å². The molecule has 4 heteroatoms. The molecule has 0 saturated heterocycles. The fourth-order valence-corrected chi connectivity index (χ4v) is 2.80. The Morgan fingerprint density at radius 3 is 2.67 bits per heavy atom. The summed E-state index contributed by atoms with van der Waals surface area (Å²) in [5.41, 5.74) is 9.00. The Morgan fingerprint density at radius 1 is 1.19 bits per heavy atom. The van der Waals surface area contributed by atoms with Crippen LogP contribution in [0.15, 0.2) is 48.5 Å². The molecule has 3 aromatic rings. The monoisotopic (exact) mass is 298 g/mol. The molecule has 0 aliphatic carbocycles. The summed E-state index contributed by atoms with van der Waals surface area (Å²) in [6, 6.07) is 15.6. The number of para-hydroxylation sites is 1. The smallest absolute Gasteiger partial charge is 0.248 e. The Labute approximate surface area is 127 Å². The van der Waals surface area contributed by atoms with Gasteiger partial charge in [0.25, 0.3) is 0 Å². The summed E-state index contributed by atoms with van der Waals surface area (Å²) < 4.78 is 2.21. The van der Waals surface area contributed by atoms with Crippen molar-refractivity contribution in [3.63, 3.8) is 0 Å². The number of nitrogens with zero attached hydrogens (tertiary/aromatic N) is 1. The quantitative estimate of drug-likeness (QED) is 0.786. The highest BCUT2D eigenvalue weighted by Gasteiger charge is 2.09. The molecule has 0 bridgehead atoms. The zero-order chi connectivity index (χ0) is 15.0. The summed E-state index contributed by atoms with van der Waals surface area (Å²) in [6.07, 6.45) is 0. The maximum Gasteiger partial charge on any atom is 0.248 e. The lowest BCUT2D eigenvalue weighted by atomic mass is 10.1. The molecule has 0 spiro atoms. The summed E-state index contributed by atoms with van der Waals surface area (Å²) in [5.74, 6) is -0.467. The third-order valence-electron chi connectivity index (χ3n) is 3.68. The van der Waals surface area contributed by atoms with Gasteiger partial charge in [-0.1, -0.05) is 35.9 Å². The van der Waals surface area contributed by atoms with E-state index in [1.165, 1.54) is 16.6 Å². The number of primary amides is 1. The van der Waals surface area contributed by atoms with Gasteiger partial charge < -0.3 is 10.3 Å². The normalized spacial score (nSPS) is 11.0. The molecular formula is C17H15ClN2O. The van der Waals surface area contributed by atoms with Crippen molar-refractivity contribution in [2.24, 2.45) is 5.73 Å². The van der Waals surface area contributed by atoms with Gasteiger partial charge in [0, 0.05) is 28.3 Å². The standard InChI is InChI=1S/C17H15ClN2O/c1-11-8-12-4-2-3-5-16(12)20(11)10-14-7-6-13(17(19)21)9-15(14)18/h2-9H,10H2,1H3,(H2,19,21). The molecule has 21 heavy (non-hydrogen) atoms. The van der Waals surface area contributed by atoms with E-state index < -0.39 is 5.91 Å². The third kappa shape index (κ3) is 2.52. The highest BCUT2D eigenvalue weighted by molar-refractivity contribution is 6.31. The molecule has 0 atom stereocenters. The van der Waals surface area contributed by atoms with Crippen LogP contribution >= 0.6 is 11.6 Å². The van der Waals surface area contributed by atoms with Gasteiger partial charge in [-0.15, -0.1) is 0 Å². The highest BCUT2D eigenvalue weighted by atomic mass is 35.5. The largest absolute Gasteiger partial charge is 0.366 e. The van der Waals surface area contributed by atoms with Gasteiger partial charge in [0.2, 0.25) is 5.91 Å². The van der Waals surface area contributed by atoms with Crippen molar-refractivity contribution in [2.45, 2.75) is 13.5 Å².